The van der Waals surface area contributed by atoms with Gasteiger partial charge in [-0.15, -0.1) is 11.8 Å². The highest BCUT2D eigenvalue weighted by Crippen LogP contribution is 2.32. The molecule has 18 heavy (non-hydrogen) atoms. The predicted octanol–water partition coefficient (Wildman–Crippen LogP) is 2.92. The largest absolute Gasteiger partial charge is 0.490 e. The van der Waals surface area contributed by atoms with Crippen molar-refractivity contribution in [1.29, 1.82) is 0 Å². The van der Waals surface area contributed by atoms with E-state index < -0.39 is 5.82 Å². The van der Waals surface area contributed by atoms with Crippen LogP contribution in [-0.2, 0) is 0 Å². The van der Waals surface area contributed by atoms with Crippen molar-refractivity contribution in [1.82, 2.24) is 0 Å². The lowest BCUT2D eigenvalue weighted by Crippen LogP contribution is -2.04. The second-order valence-electron chi connectivity index (χ2n) is 4.27. The van der Waals surface area contributed by atoms with Crippen LogP contribution in [0.5, 0.6) is 5.75 Å². The fourth-order valence-corrected chi connectivity index (χ4v) is 2.27. The van der Waals surface area contributed by atoms with Gasteiger partial charge in [-0.2, -0.15) is 0 Å². The smallest absolute Gasteiger partial charge is 0.167 e. The molecule has 3 nitrogen and oxygen atoms in total. The zero-order valence-electron chi connectivity index (χ0n) is 10.8. The molecule has 0 aliphatic rings. The van der Waals surface area contributed by atoms with Gasteiger partial charge in [-0.3, -0.25) is 0 Å². The van der Waals surface area contributed by atoms with E-state index >= 15 is 0 Å². The first-order chi connectivity index (χ1) is 8.58. The molecule has 0 aromatic heterocycles. The van der Waals surface area contributed by atoms with Gasteiger partial charge in [-0.05, 0) is 18.4 Å². The highest BCUT2D eigenvalue weighted by Gasteiger charge is 2.11. The van der Waals surface area contributed by atoms with Crippen molar-refractivity contribution in [2.24, 2.45) is 5.92 Å². The van der Waals surface area contributed by atoms with Crippen LogP contribution in [0.1, 0.15) is 20.3 Å². The summed E-state index contributed by atoms with van der Waals surface area (Å²) < 4.78 is 18.9. The Morgan fingerprint density at radius 2 is 2.22 bits per heavy atom. The summed E-state index contributed by atoms with van der Waals surface area (Å²) in [6, 6.07) is 2.92. The van der Waals surface area contributed by atoms with Crippen molar-refractivity contribution < 1.29 is 14.2 Å². The monoisotopic (exact) mass is 273 g/mol. The molecule has 0 fully saturated rings. The minimum absolute atomic E-state index is 0.132. The number of rotatable bonds is 7. The van der Waals surface area contributed by atoms with Crippen LogP contribution >= 0.6 is 11.8 Å². The first kappa shape index (κ1) is 15.1. The Balaban J connectivity index is 2.77. The number of anilines is 1. The van der Waals surface area contributed by atoms with Gasteiger partial charge in [0.25, 0.3) is 0 Å². The molecule has 1 aromatic rings. The van der Waals surface area contributed by atoms with Crippen molar-refractivity contribution in [2.75, 3.05) is 24.7 Å². The van der Waals surface area contributed by atoms with Crippen LogP contribution in [0.25, 0.3) is 0 Å². The molecule has 0 radical (unpaired) electrons. The quantitative estimate of drug-likeness (QED) is 0.592. The van der Waals surface area contributed by atoms with E-state index in [1.54, 1.807) is 6.07 Å². The second kappa shape index (κ2) is 7.48. The van der Waals surface area contributed by atoms with Crippen molar-refractivity contribution in [3.05, 3.63) is 17.9 Å². The van der Waals surface area contributed by atoms with E-state index in [1.165, 1.54) is 17.8 Å². The van der Waals surface area contributed by atoms with Crippen molar-refractivity contribution in [3.8, 4) is 5.75 Å². The van der Waals surface area contributed by atoms with Gasteiger partial charge in [-0.1, -0.05) is 13.8 Å². The molecule has 0 amide bonds. The summed E-state index contributed by atoms with van der Waals surface area (Å²) in [6.07, 6.45) is 0.827. The highest BCUT2D eigenvalue weighted by atomic mass is 32.2. The Hall–Kier alpha value is -0.940. The van der Waals surface area contributed by atoms with Crippen LogP contribution < -0.4 is 10.5 Å². The van der Waals surface area contributed by atoms with Gasteiger partial charge in [-0.25, -0.2) is 4.39 Å². The van der Waals surface area contributed by atoms with Crippen LogP contribution in [0.3, 0.4) is 0 Å². The van der Waals surface area contributed by atoms with Crippen LogP contribution in [0.2, 0.25) is 0 Å². The number of nitrogens with two attached hydrogens (primary N) is 1. The predicted molar refractivity (Wildman–Crippen MR) is 73.6 cm³/mol. The molecule has 0 saturated heterocycles. The maximum absolute atomic E-state index is 13.6. The van der Waals surface area contributed by atoms with Crippen molar-refractivity contribution >= 4 is 17.4 Å². The van der Waals surface area contributed by atoms with E-state index in [9.17, 15) is 4.39 Å². The molecular formula is C13H20FNO2S. The highest BCUT2D eigenvalue weighted by molar-refractivity contribution is 7.99. The number of aliphatic hydroxyl groups excluding tert-OH is 1. The molecule has 0 bridgehead atoms. The second-order valence-corrected chi connectivity index (χ2v) is 5.33. The van der Waals surface area contributed by atoms with E-state index in [1.807, 2.05) is 13.8 Å². The molecule has 5 heteroatoms. The molecule has 1 atom stereocenters. The zero-order chi connectivity index (χ0) is 13.5. The SMILES string of the molecule is CCCOc1cc(SCC(C)CO)c(N)cc1F. The van der Waals surface area contributed by atoms with E-state index in [0.717, 1.165) is 17.1 Å². The molecule has 0 saturated carbocycles. The Bertz CT molecular complexity index is 387. The minimum atomic E-state index is -0.430. The zero-order valence-corrected chi connectivity index (χ0v) is 11.6. The van der Waals surface area contributed by atoms with Gasteiger partial charge in [0.05, 0.1) is 6.61 Å². The molecule has 0 heterocycles. The molecule has 0 spiro atoms. The minimum Gasteiger partial charge on any atom is -0.490 e. The normalized spacial score (nSPS) is 12.4. The topological polar surface area (TPSA) is 55.5 Å². The summed E-state index contributed by atoms with van der Waals surface area (Å²) in [4.78, 5) is 0.794. The maximum atomic E-state index is 13.6. The van der Waals surface area contributed by atoms with E-state index in [4.69, 9.17) is 15.6 Å². The van der Waals surface area contributed by atoms with Gasteiger partial charge >= 0.3 is 0 Å². The van der Waals surface area contributed by atoms with Crippen molar-refractivity contribution in [2.45, 2.75) is 25.2 Å². The Labute approximate surface area is 112 Å². The van der Waals surface area contributed by atoms with Gasteiger partial charge in [0.2, 0.25) is 0 Å². The number of benzene rings is 1. The third kappa shape index (κ3) is 4.38. The Morgan fingerprint density at radius 1 is 1.50 bits per heavy atom. The summed E-state index contributed by atoms with van der Waals surface area (Å²) in [5.41, 5.74) is 6.18. The van der Waals surface area contributed by atoms with E-state index in [0.29, 0.717) is 12.3 Å². The number of halogens is 1. The lowest BCUT2D eigenvalue weighted by molar-refractivity contribution is 0.250. The molecule has 0 aliphatic heterocycles. The number of nitrogen functional groups attached to an aromatic ring is 1. The van der Waals surface area contributed by atoms with Gasteiger partial charge in [0.15, 0.2) is 11.6 Å². The molecule has 1 rings (SSSR count). The van der Waals surface area contributed by atoms with Gasteiger partial charge in [0.1, 0.15) is 0 Å². The summed E-state index contributed by atoms with van der Waals surface area (Å²) >= 11 is 1.50. The van der Waals surface area contributed by atoms with Gasteiger partial charge in [0, 0.05) is 29.0 Å². The van der Waals surface area contributed by atoms with Gasteiger partial charge < -0.3 is 15.6 Å². The Morgan fingerprint density at radius 3 is 2.83 bits per heavy atom. The average Bonchev–Trinajstić information content (AvgIpc) is 2.36. The maximum Gasteiger partial charge on any atom is 0.167 e. The van der Waals surface area contributed by atoms with E-state index in [-0.39, 0.29) is 18.3 Å². The van der Waals surface area contributed by atoms with E-state index in [2.05, 4.69) is 0 Å². The van der Waals surface area contributed by atoms with Crippen LogP contribution in [0.15, 0.2) is 17.0 Å². The number of ether oxygens (including phenoxy) is 1. The molecule has 1 aromatic carbocycles. The van der Waals surface area contributed by atoms with Crippen LogP contribution in [0.4, 0.5) is 10.1 Å². The van der Waals surface area contributed by atoms with Crippen LogP contribution in [0, 0.1) is 11.7 Å². The molecule has 102 valence electrons. The summed E-state index contributed by atoms with van der Waals surface area (Å²) in [7, 11) is 0. The molecule has 0 aliphatic carbocycles. The fourth-order valence-electron chi connectivity index (χ4n) is 1.28. The Kier molecular flexibility index (Phi) is 6.29. The third-order valence-corrected chi connectivity index (χ3v) is 3.76. The summed E-state index contributed by atoms with van der Waals surface area (Å²) in [6.45, 7) is 4.53. The lowest BCUT2D eigenvalue weighted by Gasteiger charge is -2.12. The lowest BCUT2D eigenvalue weighted by atomic mass is 10.2. The van der Waals surface area contributed by atoms with Crippen molar-refractivity contribution in [3.63, 3.8) is 0 Å². The third-order valence-electron chi connectivity index (χ3n) is 2.36. The fraction of sp³-hybridized carbons (Fsp3) is 0.538. The molecular weight excluding hydrogens is 253 g/mol. The first-order valence-electron chi connectivity index (χ1n) is 6.04. The number of hydrogen-bond acceptors (Lipinski definition) is 4. The number of aliphatic hydroxyl groups is 1. The van der Waals surface area contributed by atoms with Crippen LogP contribution in [-0.4, -0.2) is 24.1 Å². The standard InChI is InChI=1S/C13H20FNO2S/c1-3-4-17-12-6-13(11(15)5-10(12)14)18-8-9(2)7-16/h5-6,9,16H,3-4,7-8,15H2,1-2H3. The number of hydrogen-bond donors (Lipinski definition) is 2. The molecule has 3 N–H and O–H groups in total. The summed E-state index contributed by atoms with van der Waals surface area (Å²) in [5, 5.41) is 8.97. The first-order valence-corrected chi connectivity index (χ1v) is 7.02. The molecule has 1 unspecified atom stereocenters. The average molecular weight is 273 g/mol. The summed E-state index contributed by atoms with van der Waals surface area (Å²) in [5.74, 6) is 0.727. The number of thioether (sulfide) groups is 1.